The lowest BCUT2D eigenvalue weighted by molar-refractivity contribution is -0.0513. The van der Waals surface area contributed by atoms with Crippen molar-refractivity contribution in [3.8, 4) is 11.5 Å². The molecule has 0 spiro atoms. The molecule has 10 heteroatoms. The highest BCUT2D eigenvalue weighted by Gasteiger charge is 2.48. The highest BCUT2D eigenvalue weighted by atomic mass is 35.5. The van der Waals surface area contributed by atoms with Crippen LogP contribution < -0.4 is 19.1 Å². The quantitative estimate of drug-likeness (QED) is 0.279. The van der Waals surface area contributed by atoms with Crippen LogP contribution in [0.4, 0.5) is 5.69 Å². The van der Waals surface area contributed by atoms with Gasteiger partial charge in [-0.1, -0.05) is 50.1 Å². The van der Waals surface area contributed by atoms with Crippen LogP contribution in [-0.2, 0) is 23.0 Å². The Morgan fingerprint density at radius 2 is 2.00 bits per heavy atom. The van der Waals surface area contributed by atoms with Crippen molar-refractivity contribution >= 4 is 34.2 Å². The van der Waals surface area contributed by atoms with Crippen LogP contribution in [-0.4, -0.2) is 52.3 Å². The molecule has 3 aliphatic rings. The predicted molar refractivity (Wildman–Crippen MR) is 191 cm³/mol. The minimum atomic E-state index is -1.61. The van der Waals surface area contributed by atoms with Crippen LogP contribution in [0.2, 0.25) is 5.02 Å². The number of nitrogens with one attached hydrogen (secondary N) is 1. The maximum Gasteiger partial charge on any atom is 0.263 e. The van der Waals surface area contributed by atoms with E-state index in [0.29, 0.717) is 48.7 Å². The molecule has 0 radical (unpaired) electrons. The fourth-order valence-corrected chi connectivity index (χ4v) is 8.70. The number of amides is 1. The van der Waals surface area contributed by atoms with Crippen LogP contribution in [0.25, 0.3) is 0 Å². The third-order valence-corrected chi connectivity index (χ3v) is 12.4. The van der Waals surface area contributed by atoms with Crippen LogP contribution >= 0.6 is 11.6 Å². The summed E-state index contributed by atoms with van der Waals surface area (Å²) in [5, 5.41) is 13.1. The average molecular weight is 692 g/mol. The number of fused-ring (bicyclic) bond motifs is 2. The third kappa shape index (κ3) is 6.87. The first-order valence-corrected chi connectivity index (χ1v) is 18.6. The number of nitrogens with zero attached hydrogens (tertiary/aromatic N) is 2. The second-order valence-corrected chi connectivity index (χ2v) is 15.6. The Morgan fingerprint density at radius 1 is 1.17 bits per heavy atom. The van der Waals surface area contributed by atoms with Crippen molar-refractivity contribution < 1.29 is 23.6 Å². The molecule has 8 nitrogen and oxygen atoms in total. The SMILES string of the molecule is CCCc1cc(Cl)ccc1C1COc2ccc3cc2N(C1)CC1CCC1[C@](O)(c1cnccc1OC)/C=C/CC(C)C(C)S(=O)NC3=O. The van der Waals surface area contributed by atoms with E-state index in [4.69, 9.17) is 21.1 Å². The van der Waals surface area contributed by atoms with E-state index in [2.05, 4.69) is 33.7 Å². The molecule has 2 N–H and O–H groups in total. The molecule has 1 saturated carbocycles. The van der Waals surface area contributed by atoms with E-state index in [-0.39, 0.29) is 34.8 Å². The summed E-state index contributed by atoms with van der Waals surface area (Å²) in [7, 11) is 0.000230. The molecule has 6 rings (SSSR count). The first-order chi connectivity index (χ1) is 23.1. The summed E-state index contributed by atoms with van der Waals surface area (Å²) >= 11 is 6.45. The molecule has 7 atom stereocenters. The number of carbonyl (C=O) groups is 1. The predicted octanol–water partition coefficient (Wildman–Crippen LogP) is 6.97. The van der Waals surface area contributed by atoms with E-state index >= 15 is 0 Å². The molecular weight excluding hydrogens is 646 g/mol. The summed E-state index contributed by atoms with van der Waals surface area (Å²) in [4.78, 5) is 20.2. The molecule has 0 saturated heterocycles. The van der Waals surface area contributed by atoms with E-state index in [1.165, 1.54) is 11.1 Å². The highest BCUT2D eigenvalue weighted by Crippen LogP contribution is 2.51. The van der Waals surface area contributed by atoms with Gasteiger partial charge in [0.1, 0.15) is 28.1 Å². The van der Waals surface area contributed by atoms with Crippen molar-refractivity contribution in [1.82, 2.24) is 9.71 Å². The van der Waals surface area contributed by atoms with E-state index in [9.17, 15) is 14.1 Å². The Morgan fingerprint density at radius 3 is 2.75 bits per heavy atom. The van der Waals surface area contributed by atoms with Gasteiger partial charge in [-0.05, 0) is 92.0 Å². The summed E-state index contributed by atoms with van der Waals surface area (Å²) in [6.07, 6.45) is 11.5. The van der Waals surface area contributed by atoms with Gasteiger partial charge in [-0.3, -0.25) is 14.5 Å². The van der Waals surface area contributed by atoms with Gasteiger partial charge in [0.15, 0.2) is 0 Å². The summed E-state index contributed by atoms with van der Waals surface area (Å²) in [6, 6.07) is 13.4. The van der Waals surface area contributed by atoms with Gasteiger partial charge in [-0.25, -0.2) is 4.21 Å². The smallest absolute Gasteiger partial charge is 0.263 e. The number of carbonyl (C=O) groups excluding carboxylic acids is 1. The maximum absolute atomic E-state index is 13.5. The summed E-state index contributed by atoms with van der Waals surface area (Å²) in [5.74, 6) is 0.962. The summed E-state index contributed by atoms with van der Waals surface area (Å²) in [5.41, 5.74) is 2.99. The fraction of sp³-hybridized carbons (Fsp3) is 0.474. The van der Waals surface area contributed by atoms with Gasteiger partial charge >= 0.3 is 0 Å². The van der Waals surface area contributed by atoms with Crippen LogP contribution in [0.15, 0.2) is 67.0 Å². The number of halogens is 1. The number of pyridine rings is 1. The Kier molecular flexibility index (Phi) is 10.5. The zero-order valence-corrected chi connectivity index (χ0v) is 29.7. The van der Waals surface area contributed by atoms with Crippen LogP contribution in [0.3, 0.4) is 0 Å². The van der Waals surface area contributed by atoms with Gasteiger partial charge in [-0.15, -0.1) is 0 Å². The average Bonchev–Trinajstić information content (AvgIpc) is 3.25. The number of aromatic nitrogens is 1. The van der Waals surface area contributed by atoms with Gasteiger partial charge in [0.2, 0.25) is 0 Å². The highest BCUT2D eigenvalue weighted by molar-refractivity contribution is 7.84. The minimum absolute atomic E-state index is 0.0224. The number of rotatable bonds is 5. The first kappa shape index (κ1) is 34.5. The number of hydrogen-bond donors (Lipinski definition) is 2. The van der Waals surface area contributed by atoms with Crippen molar-refractivity contribution in [2.45, 2.75) is 69.6 Å². The Balaban J connectivity index is 1.45. The molecule has 6 unspecified atom stereocenters. The monoisotopic (exact) mass is 691 g/mol. The Bertz CT molecular complexity index is 1700. The molecule has 3 aromatic rings. The number of anilines is 1. The fourth-order valence-electron chi connectivity index (χ4n) is 7.49. The van der Waals surface area contributed by atoms with Gasteiger partial charge in [0.05, 0.1) is 24.7 Å². The molecule has 3 heterocycles. The van der Waals surface area contributed by atoms with Gasteiger partial charge in [0.25, 0.3) is 5.91 Å². The molecule has 2 aliphatic heterocycles. The largest absolute Gasteiger partial charge is 0.496 e. The molecule has 1 aromatic heterocycles. The molecular formula is C38H46ClN3O5S. The Hall–Kier alpha value is -3.40. The zero-order chi connectivity index (χ0) is 34.0. The molecule has 1 amide bonds. The van der Waals surface area contributed by atoms with Gasteiger partial charge in [-0.2, -0.15) is 0 Å². The van der Waals surface area contributed by atoms with E-state index in [0.717, 1.165) is 36.4 Å². The number of ether oxygens (including phenoxy) is 2. The van der Waals surface area contributed by atoms with Crippen molar-refractivity contribution in [3.63, 3.8) is 0 Å². The zero-order valence-electron chi connectivity index (χ0n) is 28.2. The van der Waals surface area contributed by atoms with Crippen molar-refractivity contribution in [2.75, 3.05) is 31.7 Å². The number of hydrogen-bond acceptors (Lipinski definition) is 7. The Labute approximate surface area is 291 Å². The lowest BCUT2D eigenvalue weighted by atomic mass is 9.62. The van der Waals surface area contributed by atoms with Crippen LogP contribution in [0.1, 0.15) is 79.4 Å². The molecule has 48 heavy (non-hydrogen) atoms. The lowest BCUT2D eigenvalue weighted by Crippen LogP contribution is -2.49. The van der Waals surface area contributed by atoms with Crippen molar-refractivity contribution in [3.05, 3.63) is 94.3 Å². The van der Waals surface area contributed by atoms with E-state index in [1.54, 1.807) is 31.6 Å². The molecule has 1 aliphatic carbocycles. The minimum Gasteiger partial charge on any atom is -0.496 e. The molecule has 2 aromatic carbocycles. The molecule has 1 fully saturated rings. The molecule has 2 bridgehead atoms. The normalized spacial score (nSPS) is 29.8. The topological polar surface area (TPSA) is 101 Å². The van der Waals surface area contributed by atoms with Crippen molar-refractivity contribution in [1.29, 1.82) is 0 Å². The van der Waals surface area contributed by atoms with Crippen molar-refractivity contribution in [2.24, 2.45) is 17.8 Å². The number of benzene rings is 2. The second kappa shape index (κ2) is 14.6. The van der Waals surface area contributed by atoms with Gasteiger partial charge in [0, 0.05) is 53.5 Å². The van der Waals surface area contributed by atoms with Gasteiger partial charge < -0.3 is 19.5 Å². The molecule has 256 valence electrons. The number of methoxy groups -OCH3 is 1. The van der Waals surface area contributed by atoms with E-state index < -0.39 is 16.6 Å². The van der Waals surface area contributed by atoms with E-state index in [1.807, 2.05) is 44.2 Å². The third-order valence-electron chi connectivity index (χ3n) is 10.6. The lowest BCUT2D eigenvalue weighted by Gasteiger charge is -2.48. The number of aryl methyl sites for hydroxylation is 1. The maximum atomic E-state index is 13.5. The summed E-state index contributed by atoms with van der Waals surface area (Å²) in [6.45, 7) is 7.84. The standard InChI is InChI=1S/C38H46ClN3O5S/c1-5-7-26-18-30(39)11-12-31(26)29-22-42-21-28-9-13-32(28)38(44,33-20-40-17-15-35(33)46-4)16-6-8-24(2)25(3)48(45)41-37(43)27-10-14-36(47-23-29)34(42)19-27/h6,10-12,14-20,24-25,28-29,32,44H,5,7-9,13,21-23H2,1-4H3,(H,41,43)/b16-6+/t24?,25?,28?,29?,32?,38-,48?/m0/s1. The first-order valence-electron chi connectivity index (χ1n) is 17.0. The number of aliphatic hydroxyl groups is 1. The second-order valence-electron chi connectivity index (χ2n) is 13.6. The van der Waals surface area contributed by atoms with Crippen LogP contribution in [0, 0.1) is 17.8 Å². The summed E-state index contributed by atoms with van der Waals surface area (Å²) < 4.78 is 28.3. The number of allylic oxidation sites excluding steroid dienone is 1. The van der Waals surface area contributed by atoms with Crippen LogP contribution in [0.5, 0.6) is 11.5 Å².